The topological polar surface area (TPSA) is 44.8 Å². The molecule has 0 atom stereocenters. The summed E-state index contributed by atoms with van der Waals surface area (Å²) in [6, 6.07) is 9.94. The van der Waals surface area contributed by atoms with Gasteiger partial charge in [0.25, 0.3) is 0 Å². The summed E-state index contributed by atoms with van der Waals surface area (Å²) >= 11 is 0. The van der Waals surface area contributed by atoms with Crippen LogP contribution in [0.2, 0.25) is 0 Å². The number of hydrazine groups is 1. The number of amides is 1. The Morgan fingerprint density at radius 2 is 2.19 bits per heavy atom. The summed E-state index contributed by atoms with van der Waals surface area (Å²) in [5.41, 5.74) is 4.06. The number of nitrogens with zero attached hydrogens (tertiary/aromatic N) is 2. The van der Waals surface area contributed by atoms with Crippen molar-refractivity contribution >= 4 is 11.8 Å². The molecule has 0 unspecified atom stereocenters. The van der Waals surface area contributed by atoms with Crippen molar-refractivity contribution in [2.75, 3.05) is 24.8 Å². The molecule has 0 saturated carbocycles. The molecule has 1 heterocycles. The Kier molecular flexibility index (Phi) is 3.26. The van der Waals surface area contributed by atoms with Crippen LogP contribution in [0.3, 0.4) is 0 Å². The summed E-state index contributed by atoms with van der Waals surface area (Å²) < 4.78 is 4.91. The van der Waals surface area contributed by atoms with Gasteiger partial charge in [0.15, 0.2) is 0 Å². The van der Waals surface area contributed by atoms with Crippen molar-refractivity contribution in [1.29, 1.82) is 0 Å². The number of hydrogen-bond acceptors (Lipinski definition) is 4. The zero-order chi connectivity index (χ0) is 11.4. The first kappa shape index (κ1) is 10.8. The van der Waals surface area contributed by atoms with E-state index in [2.05, 4.69) is 10.3 Å². The zero-order valence-electron chi connectivity index (χ0n) is 9.22. The Labute approximate surface area is 94.6 Å². The molecule has 2 rings (SSSR count). The van der Waals surface area contributed by atoms with Crippen LogP contribution in [-0.4, -0.2) is 31.0 Å². The molecule has 0 aliphatic carbocycles. The Morgan fingerprint density at radius 3 is 2.88 bits per heavy atom. The third-order valence-corrected chi connectivity index (χ3v) is 2.37. The summed E-state index contributed by atoms with van der Waals surface area (Å²) in [6.45, 7) is 3.30. The van der Waals surface area contributed by atoms with Crippen LogP contribution >= 0.6 is 0 Å². The standard InChI is InChI=1S/C11H15N3O2/c1-2-16-11(15)14-9-13(8-12-14)10-6-4-3-5-7-10/h3-7,12H,2,8-9H2,1H3. The first-order chi connectivity index (χ1) is 7.81. The maximum absolute atomic E-state index is 11.4. The molecule has 1 fully saturated rings. The average Bonchev–Trinajstić information content (AvgIpc) is 2.80. The maximum atomic E-state index is 11.4. The molecule has 1 aliphatic rings. The van der Waals surface area contributed by atoms with E-state index >= 15 is 0 Å². The first-order valence-electron chi connectivity index (χ1n) is 5.29. The number of anilines is 1. The quantitative estimate of drug-likeness (QED) is 0.819. The molecule has 1 aliphatic heterocycles. The molecular formula is C11H15N3O2. The highest BCUT2D eigenvalue weighted by atomic mass is 16.6. The molecule has 0 spiro atoms. The number of nitrogens with one attached hydrogen (secondary N) is 1. The highest BCUT2D eigenvalue weighted by Gasteiger charge is 2.24. The predicted molar refractivity (Wildman–Crippen MR) is 60.7 cm³/mol. The smallest absolute Gasteiger partial charge is 0.426 e. The largest absolute Gasteiger partial charge is 0.449 e. The van der Waals surface area contributed by atoms with Crippen molar-refractivity contribution < 1.29 is 9.53 Å². The van der Waals surface area contributed by atoms with E-state index < -0.39 is 0 Å². The van der Waals surface area contributed by atoms with Gasteiger partial charge in [0, 0.05) is 5.69 Å². The number of benzene rings is 1. The molecule has 0 aromatic heterocycles. The normalized spacial score (nSPS) is 15.3. The lowest BCUT2D eigenvalue weighted by molar-refractivity contribution is 0.101. The molecule has 1 saturated heterocycles. The van der Waals surface area contributed by atoms with Gasteiger partial charge in [0.2, 0.25) is 0 Å². The molecule has 1 N–H and O–H groups in total. The minimum absolute atomic E-state index is 0.332. The van der Waals surface area contributed by atoms with Gasteiger partial charge in [-0.15, -0.1) is 0 Å². The molecule has 1 aromatic carbocycles. The fourth-order valence-electron chi connectivity index (χ4n) is 1.58. The minimum Gasteiger partial charge on any atom is -0.449 e. The van der Waals surface area contributed by atoms with Crippen LogP contribution in [0.4, 0.5) is 10.5 Å². The number of carbonyl (C=O) groups is 1. The van der Waals surface area contributed by atoms with Crippen molar-refractivity contribution in [3.8, 4) is 0 Å². The lowest BCUT2D eigenvalue weighted by Crippen LogP contribution is -2.37. The summed E-state index contributed by atoms with van der Waals surface area (Å²) in [7, 11) is 0. The highest BCUT2D eigenvalue weighted by Crippen LogP contribution is 2.15. The van der Waals surface area contributed by atoms with Gasteiger partial charge in [0.1, 0.15) is 6.67 Å². The van der Waals surface area contributed by atoms with E-state index in [1.807, 2.05) is 30.3 Å². The number of para-hydroxylation sites is 1. The van der Waals surface area contributed by atoms with Crippen molar-refractivity contribution in [3.05, 3.63) is 30.3 Å². The lowest BCUT2D eigenvalue weighted by atomic mass is 10.3. The Hall–Kier alpha value is -1.75. The Morgan fingerprint density at radius 1 is 1.44 bits per heavy atom. The molecule has 0 radical (unpaired) electrons. The van der Waals surface area contributed by atoms with E-state index in [9.17, 15) is 4.79 Å². The van der Waals surface area contributed by atoms with Gasteiger partial charge in [-0.2, -0.15) is 0 Å². The van der Waals surface area contributed by atoms with Crippen LogP contribution < -0.4 is 10.3 Å². The average molecular weight is 221 g/mol. The van der Waals surface area contributed by atoms with Gasteiger partial charge < -0.3 is 9.64 Å². The SMILES string of the molecule is CCOC(=O)N1CN(c2ccccc2)CN1. The maximum Gasteiger partial charge on any atom is 0.426 e. The van der Waals surface area contributed by atoms with Crippen LogP contribution in [-0.2, 0) is 4.74 Å². The third-order valence-electron chi connectivity index (χ3n) is 2.37. The van der Waals surface area contributed by atoms with Crippen LogP contribution in [0.15, 0.2) is 30.3 Å². The van der Waals surface area contributed by atoms with E-state index in [1.165, 1.54) is 5.01 Å². The second-order valence-corrected chi connectivity index (χ2v) is 3.46. The third kappa shape index (κ3) is 2.25. The lowest BCUT2D eigenvalue weighted by Gasteiger charge is -2.17. The van der Waals surface area contributed by atoms with Crippen LogP contribution in [0, 0.1) is 0 Å². The monoisotopic (exact) mass is 221 g/mol. The summed E-state index contributed by atoms with van der Waals surface area (Å²) in [4.78, 5) is 13.5. The fraction of sp³-hybridized carbons (Fsp3) is 0.364. The molecule has 0 bridgehead atoms. The number of carbonyl (C=O) groups excluding carboxylic acids is 1. The molecule has 1 aromatic rings. The van der Waals surface area contributed by atoms with Gasteiger partial charge in [-0.1, -0.05) is 18.2 Å². The van der Waals surface area contributed by atoms with Gasteiger partial charge >= 0.3 is 6.09 Å². The first-order valence-corrected chi connectivity index (χ1v) is 5.29. The van der Waals surface area contributed by atoms with Gasteiger partial charge in [-0.25, -0.2) is 15.2 Å². The van der Waals surface area contributed by atoms with E-state index in [4.69, 9.17) is 4.74 Å². The molecule has 5 heteroatoms. The molecule has 16 heavy (non-hydrogen) atoms. The van der Waals surface area contributed by atoms with Crippen molar-refractivity contribution in [2.24, 2.45) is 0 Å². The predicted octanol–water partition coefficient (Wildman–Crippen LogP) is 1.38. The number of ether oxygens (including phenoxy) is 1. The van der Waals surface area contributed by atoms with Crippen molar-refractivity contribution in [3.63, 3.8) is 0 Å². The van der Waals surface area contributed by atoms with E-state index in [1.54, 1.807) is 6.92 Å². The van der Waals surface area contributed by atoms with E-state index in [-0.39, 0.29) is 6.09 Å². The second kappa shape index (κ2) is 4.85. The Bertz CT molecular complexity index is 356. The van der Waals surface area contributed by atoms with Gasteiger partial charge in [-0.05, 0) is 19.1 Å². The minimum atomic E-state index is -0.332. The van der Waals surface area contributed by atoms with Crippen molar-refractivity contribution in [2.45, 2.75) is 6.92 Å². The summed E-state index contributed by atoms with van der Waals surface area (Å²) in [5.74, 6) is 0. The van der Waals surface area contributed by atoms with Crippen LogP contribution in [0.5, 0.6) is 0 Å². The molecule has 5 nitrogen and oxygen atoms in total. The summed E-state index contributed by atoms with van der Waals surface area (Å²) in [5, 5.41) is 1.47. The van der Waals surface area contributed by atoms with E-state index in [0.29, 0.717) is 19.9 Å². The Balaban J connectivity index is 1.96. The second-order valence-electron chi connectivity index (χ2n) is 3.46. The van der Waals surface area contributed by atoms with Gasteiger partial charge in [-0.3, -0.25) is 0 Å². The number of hydrogen-bond donors (Lipinski definition) is 1. The molecule has 1 amide bonds. The number of rotatable bonds is 2. The molecular weight excluding hydrogens is 206 g/mol. The fourth-order valence-corrected chi connectivity index (χ4v) is 1.58. The summed E-state index contributed by atoms with van der Waals surface area (Å²) in [6.07, 6.45) is -0.332. The van der Waals surface area contributed by atoms with Crippen LogP contribution in [0.1, 0.15) is 6.92 Å². The van der Waals surface area contributed by atoms with Crippen LogP contribution in [0.25, 0.3) is 0 Å². The van der Waals surface area contributed by atoms with Crippen molar-refractivity contribution in [1.82, 2.24) is 10.4 Å². The highest BCUT2D eigenvalue weighted by molar-refractivity contribution is 5.68. The van der Waals surface area contributed by atoms with Gasteiger partial charge in [0.05, 0.1) is 13.3 Å². The van der Waals surface area contributed by atoms with E-state index in [0.717, 1.165) is 5.69 Å². The zero-order valence-corrected chi connectivity index (χ0v) is 9.22. The molecule has 86 valence electrons.